The van der Waals surface area contributed by atoms with Gasteiger partial charge in [0.2, 0.25) is 5.91 Å². The zero-order chi connectivity index (χ0) is 14.7. The lowest BCUT2D eigenvalue weighted by atomic mass is 10.1. The van der Waals surface area contributed by atoms with E-state index in [2.05, 4.69) is 40.2 Å². The standard InChI is InChI=1S/C17H27N3O/c1-19-12-5-7-15(19)16-6-3-2-4-13-20(16)17(21)10-11-18-14-8-9-14/h5,7,12,14,16,18H,2-4,6,8-11,13H2,1H3. The second-order valence-electron chi connectivity index (χ2n) is 6.47. The van der Waals surface area contributed by atoms with Crippen LogP contribution in [0.4, 0.5) is 0 Å². The molecule has 2 aliphatic rings. The summed E-state index contributed by atoms with van der Waals surface area (Å²) >= 11 is 0. The third kappa shape index (κ3) is 3.67. The molecule has 1 amide bonds. The summed E-state index contributed by atoms with van der Waals surface area (Å²) in [5.41, 5.74) is 1.28. The van der Waals surface area contributed by atoms with Crippen LogP contribution in [0.2, 0.25) is 0 Å². The topological polar surface area (TPSA) is 37.3 Å². The molecule has 1 saturated heterocycles. The first-order valence-electron chi connectivity index (χ1n) is 8.40. The predicted molar refractivity (Wildman–Crippen MR) is 84.0 cm³/mol. The number of nitrogens with one attached hydrogen (secondary N) is 1. The number of carbonyl (C=O) groups excluding carboxylic acids is 1. The van der Waals surface area contributed by atoms with Gasteiger partial charge in [-0.05, 0) is 37.8 Å². The van der Waals surface area contributed by atoms with Crippen LogP contribution in [0.1, 0.15) is 56.7 Å². The van der Waals surface area contributed by atoms with Gasteiger partial charge in [-0.1, -0.05) is 12.8 Å². The van der Waals surface area contributed by atoms with Gasteiger partial charge in [-0.2, -0.15) is 0 Å². The molecule has 4 heteroatoms. The fourth-order valence-electron chi connectivity index (χ4n) is 3.35. The molecule has 1 aromatic heterocycles. The maximum atomic E-state index is 12.6. The Balaban J connectivity index is 1.65. The van der Waals surface area contributed by atoms with Crippen molar-refractivity contribution in [2.24, 2.45) is 7.05 Å². The molecule has 1 saturated carbocycles. The van der Waals surface area contributed by atoms with E-state index in [1.54, 1.807) is 0 Å². The number of carbonyl (C=O) groups is 1. The molecular weight excluding hydrogens is 262 g/mol. The highest BCUT2D eigenvalue weighted by Gasteiger charge is 2.28. The molecular formula is C17H27N3O. The SMILES string of the molecule is Cn1cccc1C1CCCCCN1C(=O)CCNC1CC1. The number of nitrogens with zero attached hydrogens (tertiary/aromatic N) is 2. The van der Waals surface area contributed by atoms with Crippen molar-refractivity contribution in [1.82, 2.24) is 14.8 Å². The smallest absolute Gasteiger partial charge is 0.224 e. The van der Waals surface area contributed by atoms with Crippen LogP contribution < -0.4 is 5.32 Å². The number of rotatable bonds is 5. The molecule has 1 aliphatic heterocycles. The summed E-state index contributed by atoms with van der Waals surface area (Å²) in [5.74, 6) is 0.316. The molecule has 3 rings (SSSR count). The van der Waals surface area contributed by atoms with Crippen LogP contribution >= 0.6 is 0 Å². The molecule has 0 radical (unpaired) electrons. The summed E-state index contributed by atoms with van der Waals surface area (Å²) in [6.07, 6.45) is 9.98. The Morgan fingerprint density at radius 3 is 2.86 bits per heavy atom. The van der Waals surface area contributed by atoms with Gasteiger partial charge in [0.05, 0.1) is 6.04 Å². The van der Waals surface area contributed by atoms with Gasteiger partial charge in [-0.25, -0.2) is 0 Å². The van der Waals surface area contributed by atoms with Gasteiger partial charge in [0.15, 0.2) is 0 Å². The van der Waals surface area contributed by atoms with Crippen LogP contribution in [0.3, 0.4) is 0 Å². The predicted octanol–water partition coefficient (Wildman–Crippen LogP) is 2.61. The number of likely N-dealkylation sites (tertiary alicyclic amines) is 1. The van der Waals surface area contributed by atoms with Crippen molar-refractivity contribution < 1.29 is 4.79 Å². The third-order valence-corrected chi connectivity index (χ3v) is 4.75. The third-order valence-electron chi connectivity index (χ3n) is 4.75. The minimum absolute atomic E-state index is 0.265. The quantitative estimate of drug-likeness (QED) is 0.904. The van der Waals surface area contributed by atoms with E-state index < -0.39 is 0 Å². The highest BCUT2D eigenvalue weighted by atomic mass is 16.2. The molecule has 1 N–H and O–H groups in total. The maximum Gasteiger partial charge on any atom is 0.224 e. The zero-order valence-electron chi connectivity index (χ0n) is 13.1. The molecule has 2 fully saturated rings. The number of amides is 1. The largest absolute Gasteiger partial charge is 0.353 e. The number of aryl methyl sites for hydroxylation is 1. The Hall–Kier alpha value is -1.29. The van der Waals surface area contributed by atoms with E-state index in [0.29, 0.717) is 18.4 Å². The summed E-state index contributed by atoms with van der Waals surface area (Å²) in [7, 11) is 2.08. The minimum Gasteiger partial charge on any atom is -0.353 e. The lowest BCUT2D eigenvalue weighted by Gasteiger charge is -2.31. The molecule has 21 heavy (non-hydrogen) atoms. The zero-order valence-corrected chi connectivity index (χ0v) is 13.1. The first-order chi connectivity index (χ1) is 10.3. The summed E-state index contributed by atoms with van der Waals surface area (Å²) in [6, 6.07) is 5.20. The Morgan fingerprint density at radius 1 is 1.29 bits per heavy atom. The second kappa shape index (κ2) is 6.65. The van der Waals surface area contributed by atoms with E-state index in [0.717, 1.165) is 25.9 Å². The molecule has 1 aliphatic carbocycles. The van der Waals surface area contributed by atoms with Crippen LogP contribution in [-0.2, 0) is 11.8 Å². The van der Waals surface area contributed by atoms with Gasteiger partial charge in [0, 0.05) is 44.5 Å². The van der Waals surface area contributed by atoms with Crippen molar-refractivity contribution in [1.29, 1.82) is 0 Å². The van der Waals surface area contributed by atoms with Gasteiger partial charge in [0.1, 0.15) is 0 Å². The molecule has 2 heterocycles. The van der Waals surface area contributed by atoms with Crippen molar-refractivity contribution in [3.8, 4) is 0 Å². The lowest BCUT2D eigenvalue weighted by molar-refractivity contribution is -0.133. The molecule has 0 bridgehead atoms. The summed E-state index contributed by atoms with van der Waals surface area (Å²) < 4.78 is 2.17. The fraction of sp³-hybridized carbons (Fsp3) is 0.706. The highest BCUT2D eigenvalue weighted by Crippen LogP contribution is 2.30. The number of hydrogen-bond acceptors (Lipinski definition) is 2. The average molecular weight is 289 g/mol. The average Bonchev–Trinajstić information content (AvgIpc) is 3.24. The van der Waals surface area contributed by atoms with Crippen LogP contribution in [0.15, 0.2) is 18.3 Å². The van der Waals surface area contributed by atoms with Crippen LogP contribution in [0.25, 0.3) is 0 Å². The Labute approximate surface area is 127 Å². The van der Waals surface area contributed by atoms with Gasteiger partial charge in [0.25, 0.3) is 0 Å². The number of aromatic nitrogens is 1. The van der Waals surface area contributed by atoms with Crippen LogP contribution in [0, 0.1) is 0 Å². The van der Waals surface area contributed by atoms with Crippen molar-refractivity contribution >= 4 is 5.91 Å². The van der Waals surface area contributed by atoms with E-state index in [4.69, 9.17) is 0 Å². The first kappa shape index (κ1) is 14.6. The summed E-state index contributed by atoms with van der Waals surface area (Å²) in [6.45, 7) is 1.75. The molecule has 1 atom stereocenters. The van der Waals surface area contributed by atoms with Crippen molar-refractivity contribution in [2.75, 3.05) is 13.1 Å². The van der Waals surface area contributed by atoms with Crippen molar-refractivity contribution in [3.05, 3.63) is 24.0 Å². The Kier molecular flexibility index (Phi) is 4.63. The fourth-order valence-corrected chi connectivity index (χ4v) is 3.35. The van der Waals surface area contributed by atoms with E-state index >= 15 is 0 Å². The van der Waals surface area contributed by atoms with E-state index in [-0.39, 0.29) is 6.04 Å². The van der Waals surface area contributed by atoms with Gasteiger partial charge < -0.3 is 14.8 Å². The van der Waals surface area contributed by atoms with E-state index in [1.165, 1.54) is 31.4 Å². The molecule has 0 aromatic carbocycles. The molecule has 0 spiro atoms. The van der Waals surface area contributed by atoms with Crippen molar-refractivity contribution in [2.45, 2.75) is 57.0 Å². The number of hydrogen-bond donors (Lipinski definition) is 1. The molecule has 4 nitrogen and oxygen atoms in total. The monoisotopic (exact) mass is 289 g/mol. The first-order valence-corrected chi connectivity index (χ1v) is 8.40. The molecule has 1 aromatic rings. The summed E-state index contributed by atoms with van der Waals surface area (Å²) in [4.78, 5) is 14.8. The molecule has 116 valence electrons. The van der Waals surface area contributed by atoms with Gasteiger partial charge >= 0.3 is 0 Å². The highest BCUT2D eigenvalue weighted by molar-refractivity contribution is 5.77. The van der Waals surface area contributed by atoms with Crippen LogP contribution in [-0.4, -0.2) is 34.5 Å². The van der Waals surface area contributed by atoms with Gasteiger partial charge in [-0.15, -0.1) is 0 Å². The maximum absolute atomic E-state index is 12.6. The lowest BCUT2D eigenvalue weighted by Crippen LogP contribution is -2.37. The van der Waals surface area contributed by atoms with Gasteiger partial charge in [-0.3, -0.25) is 4.79 Å². The van der Waals surface area contributed by atoms with E-state index in [1.807, 2.05) is 0 Å². The minimum atomic E-state index is 0.265. The van der Waals surface area contributed by atoms with Crippen molar-refractivity contribution in [3.63, 3.8) is 0 Å². The van der Waals surface area contributed by atoms with Crippen LogP contribution in [0.5, 0.6) is 0 Å². The summed E-state index contributed by atoms with van der Waals surface area (Å²) in [5, 5.41) is 3.45. The Morgan fingerprint density at radius 2 is 2.14 bits per heavy atom. The Bertz CT molecular complexity index is 478. The normalized spacial score (nSPS) is 23.1. The van der Waals surface area contributed by atoms with E-state index in [9.17, 15) is 4.79 Å². The second-order valence-corrected chi connectivity index (χ2v) is 6.47. The molecule has 1 unspecified atom stereocenters.